The quantitative estimate of drug-likeness (QED) is 0.740. The number of carbonyl (C=O) groups is 2. The Hall–Kier alpha value is -2.53. The van der Waals surface area contributed by atoms with E-state index in [1.54, 1.807) is 11.8 Å². The van der Waals surface area contributed by atoms with Crippen LogP contribution in [0.3, 0.4) is 0 Å². The van der Waals surface area contributed by atoms with Crippen molar-refractivity contribution in [2.24, 2.45) is 0 Å². The van der Waals surface area contributed by atoms with Crippen LogP contribution in [0.15, 0.2) is 60.7 Å². The van der Waals surface area contributed by atoms with E-state index in [9.17, 15) is 9.59 Å². The monoisotopic (exact) mass is 386 g/mol. The van der Waals surface area contributed by atoms with Gasteiger partial charge in [-0.25, -0.2) is 4.79 Å². The Balaban J connectivity index is 1.72. The van der Waals surface area contributed by atoms with Crippen LogP contribution < -0.4 is 0 Å². The summed E-state index contributed by atoms with van der Waals surface area (Å²) in [7, 11) is 0. The van der Waals surface area contributed by atoms with E-state index in [2.05, 4.69) is 0 Å². The Morgan fingerprint density at radius 2 is 1.74 bits per heavy atom. The first-order valence-electron chi connectivity index (χ1n) is 8.96. The summed E-state index contributed by atoms with van der Waals surface area (Å²) in [5.41, 5.74) is 1.89. The van der Waals surface area contributed by atoms with Gasteiger partial charge < -0.3 is 9.64 Å². The zero-order valence-corrected chi connectivity index (χ0v) is 16.2. The molecular formula is C21H23ClN2O3. The molecule has 0 N–H and O–H groups in total. The highest BCUT2D eigenvalue weighted by Crippen LogP contribution is 2.29. The number of ether oxygens (including phenoxy) is 1. The molecule has 1 aliphatic heterocycles. The molecule has 0 spiro atoms. The van der Waals surface area contributed by atoms with Gasteiger partial charge in [-0.1, -0.05) is 60.7 Å². The van der Waals surface area contributed by atoms with Crippen molar-refractivity contribution in [1.29, 1.82) is 0 Å². The highest BCUT2D eigenvalue weighted by Gasteiger charge is 2.42. The molecule has 3 rings (SSSR count). The summed E-state index contributed by atoms with van der Waals surface area (Å²) in [6.45, 7) is 4.02. The summed E-state index contributed by atoms with van der Waals surface area (Å²) >= 11 is 6.36. The van der Waals surface area contributed by atoms with Crippen LogP contribution in [0, 0.1) is 0 Å². The first-order chi connectivity index (χ1) is 13.0. The molecule has 6 heteroatoms. The number of hydrogen-bond donors (Lipinski definition) is 0. The van der Waals surface area contributed by atoms with E-state index < -0.39 is 17.5 Å². The second-order valence-electron chi connectivity index (χ2n) is 6.69. The third-order valence-electron chi connectivity index (χ3n) is 4.93. The number of amides is 2. The van der Waals surface area contributed by atoms with Crippen LogP contribution in [0.4, 0.5) is 4.79 Å². The number of alkyl halides is 1. The molecule has 0 radical (unpaired) electrons. The molecule has 5 nitrogen and oxygen atoms in total. The molecule has 2 aromatic rings. The summed E-state index contributed by atoms with van der Waals surface area (Å²) in [4.78, 5) is 28.5. The minimum absolute atomic E-state index is 0.146. The lowest BCUT2D eigenvalue weighted by Gasteiger charge is -2.44. The maximum absolute atomic E-state index is 12.7. The molecule has 0 aromatic heterocycles. The average Bonchev–Trinajstić information content (AvgIpc) is 2.71. The highest BCUT2D eigenvalue weighted by atomic mass is 35.5. The predicted octanol–water partition coefficient (Wildman–Crippen LogP) is 4.18. The minimum atomic E-state index is -0.811. The van der Waals surface area contributed by atoms with Gasteiger partial charge in [-0.2, -0.15) is 0 Å². The van der Waals surface area contributed by atoms with Gasteiger partial charge >= 0.3 is 6.09 Å². The maximum Gasteiger partial charge on any atom is 0.411 e. The number of benzene rings is 2. The van der Waals surface area contributed by atoms with Gasteiger partial charge in [-0.05, 0) is 25.0 Å². The van der Waals surface area contributed by atoms with Crippen LogP contribution in [0.1, 0.15) is 31.0 Å². The normalized spacial score (nSPS) is 21.1. The summed E-state index contributed by atoms with van der Waals surface area (Å²) in [6, 6.07) is 18.5. The summed E-state index contributed by atoms with van der Waals surface area (Å²) < 4.78 is 5.45. The zero-order chi connectivity index (χ0) is 19.4. The van der Waals surface area contributed by atoms with Crippen LogP contribution in [-0.4, -0.2) is 39.9 Å². The first-order valence-corrected chi connectivity index (χ1v) is 9.39. The van der Waals surface area contributed by atoms with Crippen molar-refractivity contribution >= 4 is 23.6 Å². The lowest BCUT2D eigenvalue weighted by atomic mass is 10.0. The lowest BCUT2D eigenvalue weighted by Crippen LogP contribution is -2.60. The number of hydrogen-bond acceptors (Lipinski definition) is 3. The van der Waals surface area contributed by atoms with E-state index in [0.717, 1.165) is 11.1 Å². The van der Waals surface area contributed by atoms with Gasteiger partial charge in [-0.15, -0.1) is 11.6 Å². The summed E-state index contributed by atoms with van der Waals surface area (Å²) in [6.07, 6.45) is -0.477. The third kappa shape index (κ3) is 4.25. The van der Waals surface area contributed by atoms with Crippen molar-refractivity contribution in [1.82, 2.24) is 9.80 Å². The average molecular weight is 387 g/mol. The molecule has 1 aliphatic rings. The Morgan fingerprint density at radius 1 is 1.15 bits per heavy atom. The largest absolute Gasteiger partial charge is 0.444 e. The van der Waals surface area contributed by atoms with Crippen molar-refractivity contribution in [3.8, 4) is 0 Å². The molecule has 27 heavy (non-hydrogen) atoms. The number of nitrogens with zero attached hydrogens (tertiary/aromatic N) is 2. The van der Waals surface area contributed by atoms with Crippen LogP contribution >= 0.6 is 11.6 Å². The third-order valence-corrected chi connectivity index (χ3v) is 5.48. The van der Waals surface area contributed by atoms with Gasteiger partial charge in [0, 0.05) is 0 Å². The molecule has 0 unspecified atom stereocenters. The van der Waals surface area contributed by atoms with E-state index in [1.807, 2.05) is 67.6 Å². The van der Waals surface area contributed by atoms with Gasteiger partial charge in [-0.3, -0.25) is 9.69 Å². The van der Waals surface area contributed by atoms with Crippen LogP contribution in [0.25, 0.3) is 0 Å². The van der Waals surface area contributed by atoms with Crippen molar-refractivity contribution < 1.29 is 14.3 Å². The SMILES string of the molecule is C[C@@H](c1ccccc1)N1CN(C(=O)OCc2ccccc2)[C@@H](C)[C@@H](Cl)C1=O. The summed E-state index contributed by atoms with van der Waals surface area (Å²) in [5.74, 6) is -0.173. The van der Waals surface area contributed by atoms with Gasteiger partial charge in [0.15, 0.2) is 0 Å². The Labute approximate surface area is 164 Å². The number of rotatable bonds is 4. The molecule has 0 bridgehead atoms. The number of halogens is 1. The first kappa shape index (κ1) is 19.2. The molecule has 0 saturated carbocycles. The minimum Gasteiger partial charge on any atom is -0.444 e. The van der Waals surface area contributed by atoms with E-state index >= 15 is 0 Å². The second-order valence-corrected chi connectivity index (χ2v) is 7.16. The van der Waals surface area contributed by atoms with Crippen LogP contribution in [0.2, 0.25) is 0 Å². The molecule has 2 amide bonds. The van der Waals surface area contributed by atoms with Gasteiger partial charge in [0.25, 0.3) is 0 Å². The standard InChI is InChI=1S/C21H23ClN2O3/c1-15(18-11-7-4-8-12-18)23-14-24(16(2)19(22)20(23)25)21(26)27-13-17-9-5-3-6-10-17/h3-12,15-16,19H,13-14H2,1-2H3/t15-,16-,19+/m0/s1. The van der Waals surface area contributed by atoms with Gasteiger partial charge in [0.2, 0.25) is 5.91 Å². The Bertz CT molecular complexity index is 785. The molecule has 2 aromatic carbocycles. The topological polar surface area (TPSA) is 49.9 Å². The fourth-order valence-electron chi connectivity index (χ4n) is 3.14. The molecule has 1 saturated heterocycles. The van der Waals surface area contributed by atoms with Gasteiger partial charge in [0.05, 0.1) is 12.1 Å². The van der Waals surface area contributed by atoms with Crippen molar-refractivity contribution in [3.05, 3.63) is 71.8 Å². The molecule has 1 fully saturated rings. The molecule has 0 aliphatic carbocycles. The Morgan fingerprint density at radius 3 is 2.37 bits per heavy atom. The van der Waals surface area contributed by atoms with E-state index in [1.165, 1.54) is 4.90 Å². The van der Waals surface area contributed by atoms with Crippen molar-refractivity contribution in [2.45, 2.75) is 37.9 Å². The van der Waals surface area contributed by atoms with E-state index in [0.29, 0.717) is 0 Å². The molecule has 142 valence electrons. The van der Waals surface area contributed by atoms with Gasteiger partial charge in [0.1, 0.15) is 18.7 Å². The second kappa shape index (κ2) is 8.44. The molecule has 1 heterocycles. The van der Waals surface area contributed by atoms with E-state index in [4.69, 9.17) is 16.3 Å². The maximum atomic E-state index is 12.7. The number of carbonyl (C=O) groups excluding carboxylic acids is 2. The fraction of sp³-hybridized carbons (Fsp3) is 0.333. The molecular weight excluding hydrogens is 364 g/mol. The fourth-order valence-corrected chi connectivity index (χ4v) is 3.40. The smallest absolute Gasteiger partial charge is 0.411 e. The lowest BCUT2D eigenvalue weighted by molar-refractivity contribution is -0.141. The molecule has 3 atom stereocenters. The van der Waals surface area contributed by atoms with Crippen molar-refractivity contribution in [2.75, 3.05) is 6.67 Å². The zero-order valence-electron chi connectivity index (χ0n) is 15.4. The predicted molar refractivity (Wildman–Crippen MR) is 104 cm³/mol. The highest BCUT2D eigenvalue weighted by molar-refractivity contribution is 6.31. The van der Waals surface area contributed by atoms with Crippen LogP contribution in [0.5, 0.6) is 0 Å². The Kier molecular flexibility index (Phi) is 6.01. The van der Waals surface area contributed by atoms with Crippen molar-refractivity contribution in [3.63, 3.8) is 0 Å². The van der Waals surface area contributed by atoms with Crippen LogP contribution in [-0.2, 0) is 16.1 Å². The van der Waals surface area contributed by atoms with E-state index in [-0.39, 0.29) is 25.2 Å². The summed E-state index contributed by atoms with van der Waals surface area (Å²) in [5, 5.41) is -0.811.